The molecule has 1 aliphatic heterocycles. The zero-order valence-corrected chi connectivity index (χ0v) is 18.7. The predicted octanol–water partition coefficient (Wildman–Crippen LogP) is 6.14. The van der Waals surface area contributed by atoms with Gasteiger partial charge in [0.05, 0.1) is 5.56 Å². The van der Waals surface area contributed by atoms with Gasteiger partial charge in [-0.2, -0.15) is 0 Å². The highest BCUT2D eigenvalue weighted by Gasteiger charge is 2.27. The first-order valence-corrected chi connectivity index (χ1v) is 11.3. The first-order chi connectivity index (χ1) is 15.1. The number of piperidine rings is 1. The number of rotatable bonds is 7. The summed E-state index contributed by atoms with van der Waals surface area (Å²) >= 11 is 1.44. The first-order valence-electron chi connectivity index (χ1n) is 10.5. The summed E-state index contributed by atoms with van der Waals surface area (Å²) in [5.41, 5.74) is 2.94. The molecule has 2 heterocycles. The molecular weight excluding hydrogens is 404 g/mol. The second-order valence-electron chi connectivity index (χ2n) is 7.38. The second kappa shape index (κ2) is 10.7. The van der Waals surface area contributed by atoms with Crippen molar-refractivity contribution in [3.8, 4) is 10.4 Å². The third-order valence-corrected chi connectivity index (χ3v) is 6.53. The summed E-state index contributed by atoms with van der Waals surface area (Å²) in [5.74, 6) is -0.307. The molecule has 4 nitrogen and oxygen atoms in total. The van der Waals surface area contributed by atoms with Gasteiger partial charge in [-0.1, -0.05) is 67.8 Å². The molecule has 0 bridgehead atoms. The summed E-state index contributed by atoms with van der Waals surface area (Å²) in [4.78, 5) is 29.3. The summed E-state index contributed by atoms with van der Waals surface area (Å²) in [5, 5.41) is 3.55. The van der Waals surface area contributed by atoms with Crippen molar-refractivity contribution in [3.05, 3.63) is 90.6 Å². The average molecular weight is 433 g/mol. The molecule has 1 aromatic carbocycles. The Morgan fingerprint density at radius 2 is 1.77 bits per heavy atom. The van der Waals surface area contributed by atoms with E-state index in [9.17, 15) is 9.59 Å². The molecule has 0 unspecified atom stereocenters. The lowest BCUT2D eigenvalue weighted by molar-refractivity contribution is -0.112. The Morgan fingerprint density at radius 1 is 1.06 bits per heavy atom. The summed E-state index contributed by atoms with van der Waals surface area (Å²) in [6.45, 7) is 10.8. The summed E-state index contributed by atoms with van der Waals surface area (Å²) < 4.78 is 0. The lowest BCUT2D eigenvalue weighted by Gasteiger charge is -2.27. The van der Waals surface area contributed by atoms with E-state index in [1.165, 1.54) is 17.4 Å². The van der Waals surface area contributed by atoms with E-state index in [0.717, 1.165) is 48.4 Å². The fourth-order valence-electron chi connectivity index (χ4n) is 3.63. The van der Waals surface area contributed by atoms with Crippen LogP contribution >= 0.6 is 11.3 Å². The van der Waals surface area contributed by atoms with E-state index in [1.807, 2.05) is 42.2 Å². The molecule has 1 fully saturated rings. The third kappa shape index (κ3) is 5.30. The Kier molecular flexibility index (Phi) is 7.79. The van der Waals surface area contributed by atoms with Crippen LogP contribution in [0.1, 0.15) is 35.2 Å². The molecule has 1 aromatic heterocycles. The van der Waals surface area contributed by atoms with Crippen LogP contribution in [0, 0.1) is 6.92 Å². The maximum absolute atomic E-state index is 13.4. The minimum atomic E-state index is -0.294. The highest BCUT2D eigenvalue weighted by molar-refractivity contribution is 7.20. The average Bonchev–Trinajstić information content (AvgIpc) is 3.13. The number of benzene rings is 1. The van der Waals surface area contributed by atoms with Crippen LogP contribution in [0.15, 0.2) is 79.4 Å². The van der Waals surface area contributed by atoms with Gasteiger partial charge < -0.3 is 10.2 Å². The van der Waals surface area contributed by atoms with Crippen molar-refractivity contribution >= 4 is 28.2 Å². The van der Waals surface area contributed by atoms with Crippen molar-refractivity contribution in [2.24, 2.45) is 0 Å². The molecule has 31 heavy (non-hydrogen) atoms. The van der Waals surface area contributed by atoms with Crippen LogP contribution in [-0.2, 0) is 4.79 Å². The number of hydrogen-bond donors (Lipinski definition) is 1. The lowest BCUT2D eigenvalue weighted by Crippen LogP contribution is -2.36. The smallest absolute Gasteiger partial charge is 0.257 e. The summed E-state index contributed by atoms with van der Waals surface area (Å²) in [6, 6.07) is 9.96. The van der Waals surface area contributed by atoms with Crippen molar-refractivity contribution in [2.45, 2.75) is 26.2 Å². The Labute approximate surface area is 188 Å². The van der Waals surface area contributed by atoms with Gasteiger partial charge in [-0.05, 0) is 43.4 Å². The minimum Gasteiger partial charge on any atom is -0.339 e. The van der Waals surface area contributed by atoms with Crippen LogP contribution in [-0.4, -0.2) is 29.8 Å². The molecule has 1 N–H and O–H groups in total. The van der Waals surface area contributed by atoms with Crippen LogP contribution in [0.25, 0.3) is 10.4 Å². The number of nitrogens with one attached hydrogen (secondary N) is 1. The molecule has 1 saturated heterocycles. The third-order valence-electron chi connectivity index (χ3n) is 5.27. The molecule has 2 amide bonds. The number of anilines is 1. The minimum absolute atomic E-state index is 0.0124. The Bertz CT molecular complexity index is 1030. The molecule has 0 atom stereocenters. The maximum atomic E-state index is 13.4. The Morgan fingerprint density at radius 3 is 2.42 bits per heavy atom. The van der Waals surface area contributed by atoms with Gasteiger partial charge in [-0.3, -0.25) is 9.59 Å². The molecule has 3 rings (SSSR count). The predicted molar refractivity (Wildman–Crippen MR) is 130 cm³/mol. The highest BCUT2D eigenvalue weighted by atomic mass is 32.1. The van der Waals surface area contributed by atoms with E-state index in [0.29, 0.717) is 16.1 Å². The number of carbonyl (C=O) groups is 2. The molecule has 0 saturated carbocycles. The van der Waals surface area contributed by atoms with Crippen LogP contribution in [0.5, 0.6) is 0 Å². The van der Waals surface area contributed by atoms with Gasteiger partial charge in [0.15, 0.2) is 0 Å². The largest absolute Gasteiger partial charge is 0.339 e. The molecule has 5 heteroatoms. The van der Waals surface area contributed by atoms with Gasteiger partial charge in [0.25, 0.3) is 11.8 Å². The van der Waals surface area contributed by atoms with Gasteiger partial charge in [0, 0.05) is 23.5 Å². The van der Waals surface area contributed by atoms with Crippen molar-refractivity contribution in [3.63, 3.8) is 0 Å². The van der Waals surface area contributed by atoms with Crippen LogP contribution in [0.2, 0.25) is 0 Å². The Balaban J connectivity index is 2.01. The fourth-order valence-corrected chi connectivity index (χ4v) is 4.83. The van der Waals surface area contributed by atoms with E-state index >= 15 is 0 Å². The number of nitrogens with zero attached hydrogens (tertiary/aromatic N) is 1. The molecule has 2 aromatic rings. The van der Waals surface area contributed by atoms with Gasteiger partial charge in [0.1, 0.15) is 5.00 Å². The quantitative estimate of drug-likeness (QED) is 0.422. The molecule has 0 aliphatic carbocycles. The van der Waals surface area contributed by atoms with Gasteiger partial charge >= 0.3 is 0 Å². The molecular formula is C26H28N2O2S. The monoisotopic (exact) mass is 432 g/mol. The SMILES string of the molecule is C=C/C=C\C=C(/C=C)C(=O)Nc1sc(-c2ccccc2)c(C)c1C(=O)N1CCCCC1. The molecule has 1 aliphatic rings. The van der Waals surface area contributed by atoms with E-state index in [1.54, 1.807) is 24.3 Å². The number of allylic oxidation sites excluding steroid dienone is 4. The van der Waals surface area contributed by atoms with Crippen molar-refractivity contribution in [1.29, 1.82) is 0 Å². The van der Waals surface area contributed by atoms with Crippen molar-refractivity contribution in [2.75, 3.05) is 18.4 Å². The summed E-state index contributed by atoms with van der Waals surface area (Å²) in [6.07, 6.45) is 11.5. The Hall–Kier alpha value is -3.18. The van der Waals surface area contributed by atoms with E-state index < -0.39 is 0 Å². The molecule has 0 radical (unpaired) electrons. The van der Waals surface area contributed by atoms with E-state index in [-0.39, 0.29) is 11.8 Å². The second-order valence-corrected chi connectivity index (χ2v) is 8.40. The first kappa shape index (κ1) is 22.5. The zero-order chi connectivity index (χ0) is 22.2. The van der Waals surface area contributed by atoms with E-state index in [4.69, 9.17) is 0 Å². The fraction of sp³-hybridized carbons (Fsp3) is 0.231. The van der Waals surface area contributed by atoms with Gasteiger partial charge in [0.2, 0.25) is 0 Å². The van der Waals surface area contributed by atoms with E-state index in [2.05, 4.69) is 18.5 Å². The molecule has 0 spiro atoms. The highest BCUT2D eigenvalue weighted by Crippen LogP contribution is 2.41. The van der Waals surface area contributed by atoms with Crippen molar-refractivity contribution < 1.29 is 9.59 Å². The molecule has 160 valence electrons. The normalized spacial score (nSPS) is 14.5. The van der Waals surface area contributed by atoms with Crippen LogP contribution in [0.4, 0.5) is 5.00 Å². The number of hydrogen-bond acceptors (Lipinski definition) is 3. The topological polar surface area (TPSA) is 49.4 Å². The van der Waals surface area contributed by atoms with Gasteiger partial charge in [-0.25, -0.2) is 0 Å². The number of likely N-dealkylation sites (tertiary alicyclic amines) is 1. The maximum Gasteiger partial charge on any atom is 0.257 e. The number of thiophene rings is 1. The number of carbonyl (C=O) groups excluding carboxylic acids is 2. The van der Waals surface area contributed by atoms with Gasteiger partial charge in [-0.15, -0.1) is 11.3 Å². The summed E-state index contributed by atoms with van der Waals surface area (Å²) in [7, 11) is 0. The standard InChI is InChI=1S/C26H28N2O2S/c1-4-6-9-14-20(5-2)24(29)27-25-22(26(30)28-17-12-8-13-18-28)19(3)23(31-25)21-15-10-7-11-16-21/h4-7,9-11,14-16H,1-2,8,12-13,17-18H2,3H3,(H,27,29)/b9-6-,20-14+. The van der Waals surface area contributed by atoms with Crippen LogP contribution in [0.3, 0.4) is 0 Å². The zero-order valence-electron chi connectivity index (χ0n) is 17.9. The lowest BCUT2D eigenvalue weighted by atomic mass is 10.0. The number of amides is 2. The van der Waals surface area contributed by atoms with Crippen molar-refractivity contribution in [1.82, 2.24) is 4.90 Å². The van der Waals surface area contributed by atoms with Crippen LogP contribution < -0.4 is 5.32 Å².